The van der Waals surface area contributed by atoms with Crippen molar-refractivity contribution in [2.24, 2.45) is 10.7 Å². The molecule has 60 valence electrons. The molecule has 0 aliphatic carbocycles. The van der Waals surface area contributed by atoms with E-state index in [4.69, 9.17) is 5.73 Å². The first-order chi connectivity index (χ1) is 5.86. The number of nitrogens with one attached hydrogen (secondary N) is 1. The summed E-state index contributed by atoms with van der Waals surface area (Å²) in [6.07, 6.45) is 3.37. The van der Waals surface area contributed by atoms with Gasteiger partial charge in [-0.2, -0.15) is 0 Å². The number of allylic oxidation sites excluding steroid dienone is 1. The van der Waals surface area contributed by atoms with E-state index in [-0.39, 0.29) is 0 Å². The number of para-hydroxylation sites is 2. The zero-order valence-corrected chi connectivity index (χ0v) is 6.49. The minimum absolute atomic E-state index is 0.631. The number of anilines is 1. The first kappa shape index (κ1) is 6.91. The van der Waals surface area contributed by atoms with Crippen LogP contribution in [0.25, 0.3) is 0 Å². The van der Waals surface area contributed by atoms with E-state index in [0.717, 1.165) is 11.4 Å². The van der Waals surface area contributed by atoms with Gasteiger partial charge in [0.1, 0.15) is 0 Å². The van der Waals surface area contributed by atoms with Gasteiger partial charge in [0.05, 0.1) is 23.3 Å². The van der Waals surface area contributed by atoms with Gasteiger partial charge in [0.15, 0.2) is 0 Å². The minimum Gasteiger partial charge on any atom is -0.396 e. The molecule has 1 aromatic rings. The first-order valence-electron chi connectivity index (χ1n) is 3.71. The highest BCUT2D eigenvalue weighted by atomic mass is 14.9. The van der Waals surface area contributed by atoms with Crippen LogP contribution in [0.3, 0.4) is 0 Å². The van der Waals surface area contributed by atoms with Crippen LogP contribution in [0, 0.1) is 0 Å². The number of fused-ring (bicyclic) bond motifs is 1. The quantitative estimate of drug-likeness (QED) is 0.604. The lowest BCUT2D eigenvalue weighted by molar-refractivity contribution is 1.47. The lowest BCUT2D eigenvalue weighted by Crippen LogP contribution is -1.99. The zero-order valence-electron chi connectivity index (χ0n) is 6.49. The maximum absolute atomic E-state index is 5.56. The van der Waals surface area contributed by atoms with Crippen molar-refractivity contribution in [3.05, 3.63) is 36.2 Å². The lowest BCUT2D eigenvalue weighted by atomic mass is 10.3. The Labute approximate surface area is 70.6 Å². The number of hydrogen-bond acceptors (Lipinski definition) is 3. The van der Waals surface area contributed by atoms with E-state index >= 15 is 0 Å². The molecule has 1 aliphatic heterocycles. The molecule has 0 radical (unpaired) electrons. The summed E-state index contributed by atoms with van der Waals surface area (Å²) >= 11 is 0. The molecule has 2 rings (SSSR count). The Kier molecular flexibility index (Phi) is 1.55. The molecule has 0 atom stereocenters. The van der Waals surface area contributed by atoms with Crippen LogP contribution in [0.4, 0.5) is 11.4 Å². The third-order valence-corrected chi connectivity index (χ3v) is 1.65. The van der Waals surface area contributed by atoms with Crippen LogP contribution in [-0.2, 0) is 0 Å². The topological polar surface area (TPSA) is 50.4 Å². The van der Waals surface area contributed by atoms with Crippen molar-refractivity contribution in [3.63, 3.8) is 0 Å². The Morgan fingerprint density at radius 2 is 2.08 bits per heavy atom. The summed E-state index contributed by atoms with van der Waals surface area (Å²) in [5, 5.41) is 3.06. The van der Waals surface area contributed by atoms with Crippen molar-refractivity contribution < 1.29 is 0 Å². The van der Waals surface area contributed by atoms with Crippen LogP contribution in [0.5, 0.6) is 0 Å². The number of nitrogens with two attached hydrogens (primary N) is 1. The molecule has 0 saturated heterocycles. The second-order valence-electron chi connectivity index (χ2n) is 2.56. The normalized spacial score (nSPS) is 14.2. The second kappa shape index (κ2) is 2.70. The molecule has 0 saturated carbocycles. The van der Waals surface area contributed by atoms with Gasteiger partial charge in [-0.05, 0) is 12.1 Å². The van der Waals surface area contributed by atoms with Crippen molar-refractivity contribution in [3.8, 4) is 0 Å². The van der Waals surface area contributed by atoms with Gasteiger partial charge in [-0.1, -0.05) is 12.1 Å². The molecule has 3 heteroatoms. The first-order valence-corrected chi connectivity index (χ1v) is 3.71. The van der Waals surface area contributed by atoms with Crippen LogP contribution < -0.4 is 11.1 Å². The number of aliphatic imine (C=N–C) groups is 1. The molecular formula is C9H9N3. The van der Waals surface area contributed by atoms with Crippen LogP contribution in [0.15, 0.2) is 41.2 Å². The van der Waals surface area contributed by atoms with Crippen LogP contribution >= 0.6 is 0 Å². The highest BCUT2D eigenvalue weighted by Crippen LogP contribution is 2.25. The van der Waals surface area contributed by atoms with Crippen molar-refractivity contribution >= 4 is 17.6 Å². The largest absolute Gasteiger partial charge is 0.396 e. The molecular weight excluding hydrogens is 150 g/mol. The van der Waals surface area contributed by atoms with Crippen molar-refractivity contribution in [2.75, 3.05) is 5.32 Å². The fraction of sp³-hybridized carbons (Fsp3) is 0. The fourth-order valence-electron chi connectivity index (χ4n) is 1.05. The number of benzene rings is 1. The molecule has 12 heavy (non-hydrogen) atoms. The van der Waals surface area contributed by atoms with Gasteiger partial charge in [-0.15, -0.1) is 0 Å². The van der Waals surface area contributed by atoms with Crippen LogP contribution in [0.2, 0.25) is 0 Å². The molecule has 0 bridgehead atoms. The molecule has 1 aliphatic rings. The Morgan fingerprint density at radius 3 is 3.00 bits per heavy atom. The predicted molar refractivity (Wildman–Crippen MR) is 50.5 cm³/mol. The maximum Gasteiger partial charge on any atom is 0.0865 e. The summed E-state index contributed by atoms with van der Waals surface area (Å²) in [5.41, 5.74) is 8.09. The molecule has 3 nitrogen and oxygen atoms in total. The predicted octanol–water partition coefficient (Wildman–Crippen LogP) is 1.61. The molecule has 0 fully saturated rings. The summed E-state index contributed by atoms with van der Waals surface area (Å²) in [6.45, 7) is 0. The van der Waals surface area contributed by atoms with E-state index in [1.807, 2.05) is 24.3 Å². The summed E-state index contributed by atoms with van der Waals surface area (Å²) in [7, 11) is 0. The van der Waals surface area contributed by atoms with Crippen molar-refractivity contribution in [1.29, 1.82) is 0 Å². The average molecular weight is 159 g/mol. The molecule has 1 heterocycles. The van der Waals surface area contributed by atoms with E-state index in [9.17, 15) is 0 Å². The van der Waals surface area contributed by atoms with Crippen molar-refractivity contribution in [1.82, 2.24) is 0 Å². The Hall–Kier alpha value is -1.77. The van der Waals surface area contributed by atoms with Crippen molar-refractivity contribution in [2.45, 2.75) is 0 Å². The highest BCUT2D eigenvalue weighted by Gasteiger charge is 2.00. The Balaban J connectivity index is 2.48. The third kappa shape index (κ3) is 1.16. The van der Waals surface area contributed by atoms with Crippen LogP contribution in [0.1, 0.15) is 0 Å². The van der Waals surface area contributed by atoms with Gasteiger partial charge in [-0.3, -0.25) is 4.99 Å². The molecule has 0 aromatic heterocycles. The zero-order chi connectivity index (χ0) is 8.39. The minimum atomic E-state index is 0.631. The SMILES string of the molecule is NC1=CNc2ccccc2N=C1. The molecule has 3 N–H and O–H groups in total. The summed E-state index contributed by atoms with van der Waals surface area (Å²) < 4.78 is 0. The summed E-state index contributed by atoms with van der Waals surface area (Å²) in [6, 6.07) is 7.79. The van der Waals surface area contributed by atoms with E-state index in [1.165, 1.54) is 0 Å². The molecule has 0 amide bonds. The van der Waals surface area contributed by atoms with Gasteiger partial charge in [0.2, 0.25) is 0 Å². The standard InChI is InChI=1S/C9H9N3/c10-7-5-11-8-3-1-2-4-9(8)12-6-7/h1-6,11H,10H2. The third-order valence-electron chi connectivity index (χ3n) is 1.65. The summed E-state index contributed by atoms with van der Waals surface area (Å²) in [4.78, 5) is 4.19. The van der Waals surface area contributed by atoms with E-state index < -0.39 is 0 Å². The van der Waals surface area contributed by atoms with E-state index in [0.29, 0.717) is 5.70 Å². The molecule has 1 aromatic carbocycles. The number of nitrogens with zero attached hydrogens (tertiary/aromatic N) is 1. The Bertz CT molecular complexity index is 353. The van der Waals surface area contributed by atoms with Gasteiger partial charge < -0.3 is 11.1 Å². The highest BCUT2D eigenvalue weighted by molar-refractivity contribution is 5.85. The van der Waals surface area contributed by atoms with Crippen LogP contribution in [-0.4, -0.2) is 6.21 Å². The maximum atomic E-state index is 5.56. The Morgan fingerprint density at radius 1 is 1.25 bits per heavy atom. The smallest absolute Gasteiger partial charge is 0.0865 e. The second-order valence-corrected chi connectivity index (χ2v) is 2.56. The molecule has 0 unspecified atom stereocenters. The number of rotatable bonds is 0. The number of hydrogen-bond donors (Lipinski definition) is 2. The average Bonchev–Trinajstić information content (AvgIpc) is 2.29. The van der Waals surface area contributed by atoms with E-state index in [1.54, 1.807) is 12.4 Å². The molecule has 0 spiro atoms. The van der Waals surface area contributed by atoms with Gasteiger partial charge in [0, 0.05) is 6.20 Å². The lowest BCUT2D eigenvalue weighted by Gasteiger charge is -2.01. The summed E-state index contributed by atoms with van der Waals surface area (Å²) in [5.74, 6) is 0. The van der Waals surface area contributed by atoms with E-state index in [2.05, 4.69) is 10.3 Å². The fourth-order valence-corrected chi connectivity index (χ4v) is 1.05. The van der Waals surface area contributed by atoms with Gasteiger partial charge in [-0.25, -0.2) is 0 Å². The monoisotopic (exact) mass is 159 g/mol. The van der Waals surface area contributed by atoms with Gasteiger partial charge >= 0.3 is 0 Å². The van der Waals surface area contributed by atoms with Gasteiger partial charge in [0.25, 0.3) is 0 Å².